The third-order valence-electron chi connectivity index (χ3n) is 4.45. The molecule has 2 rings (SSSR count). The zero-order valence-corrected chi connectivity index (χ0v) is 21.5. The lowest BCUT2D eigenvalue weighted by Crippen LogP contribution is -2.44. The molecule has 1 aromatic heterocycles. The van der Waals surface area contributed by atoms with Crippen LogP contribution in [0, 0.1) is 0 Å². The van der Waals surface area contributed by atoms with Gasteiger partial charge in [-0.2, -0.15) is 11.3 Å². The summed E-state index contributed by atoms with van der Waals surface area (Å²) < 4.78 is 5.77. The lowest BCUT2D eigenvalue weighted by molar-refractivity contribution is 0.0621. The van der Waals surface area contributed by atoms with E-state index >= 15 is 0 Å². The quantitative estimate of drug-likeness (QED) is 0.174. The summed E-state index contributed by atoms with van der Waals surface area (Å²) in [6, 6.07) is 10.00. The molecule has 1 aromatic carbocycles. The highest BCUT2D eigenvalue weighted by Gasteiger charge is 2.23. The van der Waals surface area contributed by atoms with E-state index in [2.05, 4.69) is 34.6 Å². The van der Waals surface area contributed by atoms with Crippen molar-refractivity contribution in [2.45, 2.75) is 32.4 Å². The van der Waals surface area contributed by atoms with Gasteiger partial charge in [-0.05, 0) is 74.4 Å². The standard InChI is InChI=1S/C22H34N4O2S.HI/c1-5-23-21(25-17-22(2,27)19-11-14-29-16-19)24-15-18-7-9-20(10-8-18)28-13-6-12-26(3)4;/h7-11,14,16,27H,5-6,12-13,15,17H2,1-4H3,(H2,23,24,25);1H. The molecule has 0 saturated carbocycles. The summed E-state index contributed by atoms with van der Waals surface area (Å²) in [5, 5.41) is 21.1. The van der Waals surface area contributed by atoms with E-state index in [0.29, 0.717) is 25.7 Å². The van der Waals surface area contributed by atoms with Gasteiger partial charge >= 0.3 is 0 Å². The van der Waals surface area contributed by atoms with Crippen molar-refractivity contribution < 1.29 is 9.84 Å². The van der Waals surface area contributed by atoms with E-state index in [1.807, 2.05) is 54.9 Å². The number of ether oxygens (including phenoxy) is 1. The Bertz CT molecular complexity index is 734. The van der Waals surface area contributed by atoms with Crippen LogP contribution < -0.4 is 15.4 Å². The van der Waals surface area contributed by atoms with Crippen LogP contribution in [0.1, 0.15) is 31.4 Å². The second kappa shape index (κ2) is 13.8. The molecule has 0 spiro atoms. The summed E-state index contributed by atoms with van der Waals surface area (Å²) in [5.41, 5.74) is 1.07. The molecule has 168 valence electrons. The van der Waals surface area contributed by atoms with Crippen molar-refractivity contribution in [3.8, 4) is 5.75 Å². The normalized spacial score (nSPS) is 13.5. The fraction of sp³-hybridized carbons (Fsp3) is 0.500. The molecule has 0 amide bonds. The monoisotopic (exact) mass is 546 g/mol. The van der Waals surface area contributed by atoms with Gasteiger partial charge in [0.25, 0.3) is 0 Å². The first kappa shape index (κ1) is 26.7. The molecular weight excluding hydrogens is 511 g/mol. The van der Waals surface area contributed by atoms with E-state index in [-0.39, 0.29) is 24.0 Å². The molecule has 1 unspecified atom stereocenters. The van der Waals surface area contributed by atoms with E-state index < -0.39 is 5.60 Å². The van der Waals surface area contributed by atoms with Crippen LogP contribution in [0.4, 0.5) is 0 Å². The highest BCUT2D eigenvalue weighted by atomic mass is 127. The minimum Gasteiger partial charge on any atom is -0.494 e. The summed E-state index contributed by atoms with van der Waals surface area (Å²) in [7, 11) is 4.13. The number of hydrogen-bond acceptors (Lipinski definition) is 5. The van der Waals surface area contributed by atoms with E-state index in [9.17, 15) is 5.11 Å². The van der Waals surface area contributed by atoms with Gasteiger partial charge in [0, 0.05) is 13.1 Å². The van der Waals surface area contributed by atoms with Crippen LogP contribution in [-0.2, 0) is 12.1 Å². The lowest BCUT2D eigenvalue weighted by atomic mass is 9.99. The van der Waals surface area contributed by atoms with Gasteiger partial charge in [0.05, 0.1) is 19.7 Å². The van der Waals surface area contributed by atoms with Crippen molar-refractivity contribution in [1.29, 1.82) is 0 Å². The SMILES string of the molecule is CCNC(=NCc1ccc(OCCCN(C)C)cc1)NCC(C)(O)c1ccsc1.I. The van der Waals surface area contributed by atoms with Gasteiger partial charge in [-0.1, -0.05) is 12.1 Å². The van der Waals surface area contributed by atoms with Crippen molar-refractivity contribution in [1.82, 2.24) is 15.5 Å². The van der Waals surface area contributed by atoms with Crippen LogP contribution in [0.5, 0.6) is 5.75 Å². The molecule has 0 radical (unpaired) electrons. The summed E-state index contributed by atoms with van der Waals surface area (Å²) in [4.78, 5) is 6.79. The topological polar surface area (TPSA) is 69.1 Å². The number of hydrogen-bond donors (Lipinski definition) is 3. The van der Waals surface area contributed by atoms with Gasteiger partial charge in [-0.25, -0.2) is 4.99 Å². The molecular formula is C22H35IN4O2S. The average molecular weight is 547 g/mol. The molecule has 0 aliphatic rings. The molecule has 8 heteroatoms. The van der Waals surface area contributed by atoms with Crippen LogP contribution >= 0.6 is 35.3 Å². The predicted molar refractivity (Wildman–Crippen MR) is 137 cm³/mol. The smallest absolute Gasteiger partial charge is 0.191 e. The van der Waals surface area contributed by atoms with Crippen molar-refractivity contribution in [2.24, 2.45) is 4.99 Å². The van der Waals surface area contributed by atoms with Crippen molar-refractivity contribution in [3.05, 3.63) is 52.2 Å². The van der Waals surface area contributed by atoms with Crippen molar-refractivity contribution in [3.63, 3.8) is 0 Å². The lowest BCUT2D eigenvalue weighted by Gasteiger charge is -2.24. The number of nitrogens with one attached hydrogen (secondary N) is 2. The maximum Gasteiger partial charge on any atom is 0.191 e. The molecule has 0 aliphatic carbocycles. The summed E-state index contributed by atoms with van der Waals surface area (Å²) >= 11 is 1.58. The molecule has 0 fully saturated rings. The number of benzene rings is 1. The molecule has 1 heterocycles. The number of rotatable bonds is 11. The van der Waals surface area contributed by atoms with Gasteiger partial charge < -0.3 is 25.4 Å². The van der Waals surface area contributed by atoms with Crippen LogP contribution in [0.15, 0.2) is 46.1 Å². The number of aliphatic imine (C=N–C) groups is 1. The van der Waals surface area contributed by atoms with Gasteiger partial charge in [0.15, 0.2) is 5.96 Å². The summed E-state index contributed by atoms with van der Waals surface area (Å²) in [6.45, 7) is 7.26. The zero-order chi connectivity index (χ0) is 21.1. The van der Waals surface area contributed by atoms with E-state index in [1.165, 1.54) is 0 Å². The maximum absolute atomic E-state index is 10.7. The minimum absolute atomic E-state index is 0. The second-order valence-electron chi connectivity index (χ2n) is 7.48. The number of guanidine groups is 1. The number of aliphatic hydroxyl groups is 1. The van der Waals surface area contributed by atoms with Crippen LogP contribution in [0.25, 0.3) is 0 Å². The summed E-state index contributed by atoms with van der Waals surface area (Å²) in [5.74, 6) is 1.57. The van der Waals surface area contributed by atoms with Crippen molar-refractivity contribution in [2.75, 3.05) is 40.3 Å². The Labute approximate surface area is 201 Å². The first-order valence-electron chi connectivity index (χ1n) is 10.0. The Morgan fingerprint density at radius 2 is 1.93 bits per heavy atom. The average Bonchev–Trinajstić information content (AvgIpc) is 3.24. The predicted octanol–water partition coefficient (Wildman–Crippen LogP) is 3.66. The fourth-order valence-electron chi connectivity index (χ4n) is 2.70. The molecule has 30 heavy (non-hydrogen) atoms. The molecule has 0 bridgehead atoms. The van der Waals surface area contributed by atoms with Gasteiger partial charge in [-0.15, -0.1) is 24.0 Å². The molecule has 0 saturated heterocycles. The third-order valence-corrected chi connectivity index (χ3v) is 5.13. The molecule has 3 N–H and O–H groups in total. The molecule has 2 aromatic rings. The Kier molecular flexibility index (Phi) is 12.3. The molecule has 0 aliphatic heterocycles. The molecule has 1 atom stereocenters. The first-order chi connectivity index (χ1) is 13.9. The first-order valence-corrected chi connectivity index (χ1v) is 11.0. The zero-order valence-electron chi connectivity index (χ0n) is 18.4. The maximum atomic E-state index is 10.7. The number of thiophene rings is 1. The minimum atomic E-state index is -0.943. The van der Waals surface area contributed by atoms with Gasteiger partial charge in [-0.3, -0.25) is 0 Å². The number of nitrogens with zero attached hydrogens (tertiary/aromatic N) is 2. The highest BCUT2D eigenvalue weighted by Crippen LogP contribution is 2.22. The fourth-order valence-corrected chi connectivity index (χ4v) is 3.49. The summed E-state index contributed by atoms with van der Waals surface area (Å²) in [6.07, 6.45) is 1.01. The Balaban J connectivity index is 0.00000450. The third kappa shape index (κ3) is 9.63. The van der Waals surface area contributed by atoms with Crippen molar-refractivity contribution >= 4 is 41.3 Å². The van der Waals surface area contributed by atoms with E-state index in [1.54, 1.807) is 11.3 Å². The second-order valence-corrected chi connectivity index (χ2v) is 8.26. The Morgan fingerprint density at radius 1 is 1.20 bits per heavy atom. The Hall–Kier alpha value is -1.36. The van der Waals surface area contributed by atoms with E-state index in [0.717, 1.165) is 36.4 Å². The Morgan fingerprint density at radius 3 is 2.53 bits per heavy atom. The largest absolute Gasteiger partial charge is 0.494 e. The highest BCUT2D eigenvalue weighted by molar-refractivity contribution is 14.0. The van der Waals surface area contributed by atoms with Crippen LogP contribution in [-0.4, -0.2) is 56.3 Å². The van der Waals surface area contributed by atoms with Gasteiger partial charge in [0.2, 0.25) is 0 Å². The van der Waals surface area contributed by atoms with E-state index in [4.69, 9.17) is 4.74 Å². The number of halogens is 1. The van der Waals surface area contributed by atoms with Crippen LogP contribution in [0.2, 0.25) is 0 Å². The van der Waals surface area contributed by atoms with Gasteiger partial charge in [0.1, 0.15) is 11.4 Å². The molecule has 6 nitrogen and oxygen atoms in total. The van der Waals surface area contributed by atoms with Crippen LogP contribution in [0.3, 0.4) is 0 Å².